The molecule has 0 radical (unpaired) electrons. The molecule has 1 saturated heterocycles. The Kier molecular flexibility index (Phi) is 9.20. The number of thioether (sulfide) groups is 1. The van der Waals surface area contributed by atoms with Crippen molar-refractivity contribution in [3.63, 3.8) is 0 Å². The van der Waals surface area contributed by atoms with E-state index in [0.717, 1.165) is 17.0 Å². The third-order valence-electron chi connectivity index (χ3n) is 7.34. The first-order chi connectivity index (χ1) is 17.9. The van der Waals surface area contributed by atoms with Gasteiger partial charge in [-0.15, -0.1) is 5.10 Å². The van der Waals surface area contributed by atoms with Gasteiger partial charge in [0.15, 0.2) is 0 Å². The third-order valence-corrected chi connectivity index (χ3v) is 7.98. The number of nitrogens with two attached hydrogens (primary N) is 1. The number of carbonyl (C=O) groups excluding carboxylic acids is 3. The van der Waals surface area contributed by atoms with Crippen molar-refractivity contribution >= 4 is 29.5 Å². The van der Waals surface area contributed by atoms with Crippen LogP contribution in [0.4, 0.5) is 0 Å². The van der Waals surface area contributed by atoms with Gasteiger partial charge >= 0.3 is 0 Å². The number of hydrogen-bond acceptors (Lipinski definition) is 7. The summed E-state index contributed by atoms with van der Waals surface area (Å²) in [6.45, 7) is 1.97. The Morgan fingerprint density at radius 2 is 1.97 bits per heavy atom. The summed E-state index contributed by atoms with van der Waals surface area (Å²) < 4.78 is 1.76. The van der Waals surface area contributed by atoms with E-state index < -0.39 is 17.5 Å². The molecule has 0 aliphatic carbocycles. The second kappa shape index (κ2) is 12.6. The molecule has 2 atom stereocenters. The van der Waals surface area contributed by atoms with E-state index in [1.54, 1.807) is 21.3 Å². The zero-order valence-corrected chi connectivity index (χ0v) is 22.2. The van der Waals surface area contributed by atoms with Gasteiger partial charge in [0.25, 0.3) is 0 Å². The van der Waals surface area contributed by atoms with Crippen molar-refractivity contribution < 1.29 is 14.4 Å². The fourth-order valence-electron chi connectivity index (χ4n) is 5.06. The molecule has 1 spiro atoms. The Morgan fingerprint density at radius 1 is 1.22 bits per heavy atom. The van der Waals surface area contributed by atoms with Crippen LogP contribution >= 0.6 is 11.8 Å². The third kappa shape index (κ3) is 6.89. The molecule has 2 aliphatic heterocycles. The van der Waals surface area contributed by atoms with Crippen LogP contribution in [-0.4, -0.2) is 81.3 Å². The highest BCUT2D eigenvalue weighted by Gasteiger charge is 2.44. The first-order valence-corrected chi connectivity index (χ1v) is 14.3. The first kappa shape index (κ1) is 27.1. The molecule has 10 nitrogen and oxygen atoms in total. The van der Waals surface area contributed by atoms with E-state index in [1.807, 2.05) is 42.8 Å². The minimum Gasteiger partial charge on any atom is -0.354 e. The summed E-state index contributed by atoms with van der Waals surface area (Å²) in [6.07, 6.45) is 6.94. The Balaban J connectivity index is 1.55. The largest absolute Gasteiger partial charge is 0.354 e. The zero-order valence-electron chi connectivity index (χ0n) is 21.4. The van der Waals surface area contributed by atoms with E-state index in [0.29, 0.717) is 64.7 Å². The predicted octanol–water partition coefficient (Wildman–Crippen LogP) is 0.757. The maximum atomic E-state index is 13.9. The molecular weight excluding hydrogens is 490 g/mol. The molecule has 4 rings (SSSR count). The van der Waals surface area contributed by atoms with Crippen molar-refractivity contribution in [3.8, 4) is 0 Å². The quantitative estimate of drug-likeness (QED) is 0.505. The van der Waals surface area contributed by atoms with Crippen molar-refractivity contribution in [3.05, 3.63) is 47.8 Å². The van der Waals surface area contributed by atoms with Gasteiger partial charge in [0, 0.05) is 45.2 Å². The summed E-state index contributed by atoms with van der Waals surface area (Å²) in [5.74, 6) is 0.378. The lowest BCUT2D eigenvalue weighted by atomic mass is 9.73. The molecule has 0 saturated carbocycles. The number of rotatable bonds is 6. The number of aromatic nitrogens is 3. The molecule has 3 amide bonds. The van der Waals surface area contributed by atoms with Crippen molar-refractivity contribution in [2.24, 2.45) is 11.1 Å². The number of piperidine rings is 1. The Bertz CT molecular complexity index is 1070. The molecule has 1 fully saturated rings. The Morgan fingerprint density at radius 3 is 2.70 bits per heavy atom. The molecule has 1 aromatic heterocycles. The van der Waals surface area contributed by atoms with Crippen molar-refractivity contribution in [2.45, 2.75) is 57.2 Å². The van der Waals surface area contributed by atoms with Crippen LogP contribution in [0.2, 0.25) is 0 Å². The van der Waals surface area contributed by atoms with E-state index in [-0.39, 0.29) is 17.7 Å². The first-order valence-electron chi connectivity index (χ1n) is 12.9. The molecule has 37 heavy (non-hydrogen) atoms. The molecule has 4 N–H and O–H groups in total. The molecule has 2 aliphatic rings. The predicted molar refractivity (Wildman–Crippen MR) is 143 cm³/mol. The average molecular weight is 528 g/mol. The number of nitrogens with zero attached hydrogens (tertiary/aromatic N) is 4. The topological polar surface area (TPSA) is 135 Å². The SMILES string of the molecule is CSCC[C@H](N)C(=O)N1CCC2(CC1)Cc1cn(nn1)CCCNC(=O)[C@H](Cc1ccccc1)NC2=O. The van der Waals surface area contributed by atoms with E-state index in [1.165, 1.54) is 0 Å². The highest BCUT2D eigenvalue weighted by atomic mass is 32.2. The normalized spacial score (nSPS) is 21.2. The number of likely N-dealkylation sites (tertiary alicyclic amines) is 1. The van der Waals surface area contributed by atoms with Crippen LogP contribution in [-0.2, 0) is 33.8 Å². The van der Waals surface area contributed by atoms with Gasteiger partial charge in [-0.2, -0.15) is 11.8 Å². The Labute approximate surface area is 222 Å². The monoisotopic (exact) mass is 527 g/mol. The summed E-state index contributed by atoms with van der Waals surface area (Å²) in [5.41, 5.74) is 7.06. The molecule has 3 heterocycles. The Hall–Kier alpha value is -2.92. The summed E-state index contributed by atoms with van der Waals surface area (Å²) in [7, 11) is 0. The zero-order chi connectivity index (χ0) is 26.3. The van der Waals surface area contributed by atoms with E-state index in [4.69, 9.17) is 5.73 Å². The standard InChI is InChI=1S/C26H37N7O3S/c1-37-15-8-21(27)24(35)32-13-9-26(10-14-32)17-20-18-33(31-30-20)12-5-11-28-23(34)22(29-25(26)36)16-19-6-3-2-4-7-19/h2-4,6-7,18,21-22H,5,8-17,27H2,1H3,(H,28,34)(H,29,36)/t21-,22-/m0/s1. The maximum Gasteiger partial charge on any atom is 0.242 e. The van der Waals surface area contributed by atoms with Gasteiger partial charge in [0.1, 0.15) is 6.04 Å². The van der Waals surface area contributed by atoms with Crippen LogP contribution in [0, 0.1) is 5.41 Å². The summed E-state index contributed by atoms with van der Waals surface area (Å²) in [5, 5.41) is 14.6. The molecule has 1 aromatic carbocycles. The van der Waals surface area contributed by atoms with E-state index in [2.05, 4.69) is 20.9 Å². The molecule has 2 aromatic rings. The number of fused-ring (bicyclic) bond motifs is 2. The molecule has 11 heteroatoms. The van der Waals surface area contributed by atoms with Crippen LogP contribution in [0.25, 0.3) is 0 Å². The van der Waals surface area contributed by atoms with Gasteiger partial charge in [-0.25, -0.2) is 0 Å². The molecule has 0 unspecified atom stereocenters. The highest BCUT2D eigenvalue weighted by molar-refractivity contribution is 7.98. The maximum absolute atomic E-state index is 13.9. The van der Waals surface area contributed by atoms with Crippen LogP contribution in [0.1, 0.15) is 36.9 Å². The average Bonchev–Trinajstić information content (AvgIpc) is 3.36. The summed E-state index contributed by atoms with van der Waals surface area (Å²) >= 11 is 1.67. The fourth-order valence-corrected chi connectivity index (χ4v) is 5.55. The van der Waals surface area contributed by atoms with Gasteiger partial charge < -0.3 is 21.3 Å². The van der Waals surface area contributed by atoms with Crippen LogP contribution < -0.4 is 16.4 Å². The lowest BCUT2D eigenvalue weighted by Gasteiger charge is -2.41. The smallest absolute Gasteiger partial charge is 0.242 e. The van der Waals surface area contributed by atoms with Crippen molar-refractivity contribution in [1.82, 2.24) is 30.5 Å². The second-order valence-electron chi connectivity index (χ2n) is 10.0. The van der Waals surface area contributed by atoms with Crippen molar-refractivity contribution in [1.29, 1.82) is 0 Å². The molecular formula is C26H37N7O3S. The van der Waals surface area contributed by atoms with E-state index in [9.17, 15) is 14.4 Å². The van der Waals surface area contributed by atoms with Crippen LogP contribution in [0.3, 0.4) is 0 Å². The van der Waals surface area contributed by atoms with Gasteiger partial charge in [-0.05, 0) is 43.3 Å². The van der Waals surface area contributed by atoms with Gasteiger partial charge in [-0.3, -0.25) is 19.1 Å². The fraction of sp³-hybridized carbons (Fsp3) is 0.577. The summed E-state index contributed by atoms with van der Waals surface area (Å²) in [6, 6.07) is 8.46. The summed E-state index contributed by atoms with van der Waals surface area (Å²) in [4.78, 5) is 41.8. The van der Waals surface area contributed by atoms with E-state index >= 15 is 0 Å². The minimum absolute atomic E-state index is 0.0683. The minimum atomic E-state index is -0.801. The second-order valence-corrected chi connectivity index (χ2v) is 11.0. The number of benzene rings is 1. The number of aryl methyl sites for hydroxylation is 1. The van der Waals surface area contributed by atoms with Gasteiger partial charge in [-0.1, -0.05) is 35.5 Å². The van der Waals surface area contributed by atoms with Gasteiger partial charge in [0.05, 0.1) is 17.2 Å². The van der Waals surface area contributed by atoms with Crippen LogP contribution in [0.15, 0.2) is 36.5 Å². The molecule has 200 valence electrons. The lowest BCUT2D eigenvalue weighted by Crippen LogP contribution is -2.57. The van der Waals surface area contributed by atoms with Crippen molar-refractivity contribution in [2.75, 3.05) is 31.6 Å². The van der Waals surface area contributed by atoms with Crippen LogP contribution in [0.5, 0.6) is 0 Å². The number of carbonyl (C=O) groups is 3. The highest BCUT2D eigenvalue weighted by Crippen LogP contribution is 2.36. The number of amides is 3. The lowest BCUT2D eigenvalue weighted by molar-refractivity contribution is -0.142. The van der Waals surface area contributed by atoms with Gasteiger partial charge in [0.2, 0.25) is 17.7 Å². The molecule has 2 bridgehead atoms. The number of nitrogens with one attached hydrogen (secondary N) is 2. The number of hydrogen-bond donors (Lipinski definition) is 3.